The van der Waals surface area contributed by atoms with Gasteiger partial charge in [0, 0.05) is 24.7 Å². The maximum absolute atomic E-state index is 3.67. The van der Waals surface area contributed by atoms with Crippen molar-refractivity contribution in [2.45, 2.75) is 70.5 Å². The molecule has 0 radical (unpaired) electrons. The molecule has 2 atom stereocenters. The van der Waals surface area contributed by atoms with Gasteiger partial charge in [0.1, 0.15) is 0 Å². The van der Waals surface area contributed by atoms with E-state index >= 15 is 0 Å². The van der Waals surface area contributed by atoms with Crippen molar-refractivity contribution >= 4 is 0 Å². The quantitative estimate of drug-likeness (QED) is 0.749. The van der Waals surface area contributed by atoms with Crippen LogP contribution in [0, 0.1) is 0 Å². The van der Waals surface area contributed by atoms with Gasteiger partial charge in [-0.05, 0) is 45.6 Å². The van der Waals surface area contributed by atoms with Gasteiger partial charge in [0.05, 0.1) is 0 Å². The molecule has 0 amide bonds. The minimum atomic E-state index is 0.772. The average Bonchev–Trinajstić information content (AvgIpc) is 3.10. The molecule has 2 fully saturated rings. The van der Waals surface area contributed by atoms with Gasteiger partial charge in [-0.25, -0.2) is 0 Å². The highest BCUT2D eigenvalue weighted by Gasteiger charge is 2.33. The van der Waals surface area contributed by atoms with Crippen LogP contribution in [0.3, 0.4) is 0 Å². The second kappa shape index (κ2) is 5.31. The summed E-state index contributed by atoms with van der Waals surface area (Å²) >= 11 is 0. The normalized spacial score (nSPS) is 29.4. The third-order valence-electron chi connectivity index (χ3n) is 4.02. The Hall–Kier alpha value is -0.0800. The van der Waals surface area contributed by atoms with Crippen molar-refractivity contribution in [2.75, 3.05) is 13.1 Å². The molecule has 2 heteroatoms. The fraction of sp³-hybridized carbons (Fsp3) is 1.00. The molecule has 1 saturated heterocycles. The molecule has 0 bridgehead atoms. The van der Waals surface area contributed by atoms with Gasteiger partial charge in [-0.3, -0.25) is 4.90 Å². The second-order valence-corrected chi connectivity index (χ2v) is 5.33. The number of piperidine rings is 1. The molecule has 1 aliphatic carbocycles. The van der Waals surface area contributed by atoms with E-state index in [1.165, 1.54) is 51.6 Å². The van der Waals surface area contributed by atoms with Crippen molar-refractivity contribution in [1.29, 1.82) is 0 Å². The lowest BCUT2D eigenvalue weighted by Gasteiger charge is -2.34. The molecule has 15 heavy (non-hydrogen) atoms. The Balaban J connectivity index is 1.82. The van der Waals surface area contributed by atoms with Crippen molar-refractivity contribution in [1.82, 2.24) is 10.2 Å². The Kier molecular flexibility index (Phi) is 4.04. The van der Waals surface area contributed by atoms with Crippen molar-refractivity contribution in [2.24, 2.45) is 0 Å². The zero-order valence-electron chi connectivity index (χ0n) is 10.3. The van der Waals surface area contributed by atoms with Crippen LogP contribution < -0.4 is 5.32 Å². The lowest BCUT2D eigenvalue weighted by molar-refractivity contribution is 0.162. The molecule has 0 spiro atoms. The summed E-state index contributed by atoms with van der Waals surface area (Å²) in [7, 11) is 0. The fourth-order valence-electron chi connectivity index (χ4n) is 2.66. The summed E-state index contributed by atoms with van der Waals surface area (Å²) in [5.41, 5.74) is 0. The Labute approximate surface area is 94.4 Å². The molecule has 88 valence electrons. The lowest BCUT2D eigenvalue weighted by Crippen LogP contribution is -2.47. The molecule has 1 saturated carbocycles. The first-order valence-corrected chi connectivity index (χ1v) is 6.80. The highest BCUT2D eigenvalue weighted by molar-refractivity contribution is 4.90. The predicted octanol–water partition coefficient (Wildman–Crippen LogP) is 2.39. The number of nitrogens with one attached hydrogen (secondary N) is 1. The van der Waals surface area contributed by atoms with Gasteiger partial charge >= 0.3 is 0 Å². The van der Waals surface area contributed by atoms with E-state index in [1.807, 2.05) is 0 Å². The van der Waals surface area contributed by atoms with E-state index in [4.69, 9.17) is 0 Å². The molecule has 2 aliphatic rings. The maximum Gasteiger partial charge on any atom is 0.0195 e. The van der Waals surface area contributed by atoms with E-state index in [1.54, 1.807) is 0 Å². The van der Waals surface area contributed by atoms with Gasteiger partial charge in [0.25, 0.3) is 0 Å². The van der Waals surface area contributed by atoms with Crippen LogP contribution in [0.4, 0.5) is 0 Å². The molecule has 0 aromatic rings. The summed E-state index contributed by atoms with van der Waals surface area (Å²) in [4.78, 5) is 2.75. The maximum atomic E-state index is 3.67. The molecule has 2 nitrogen and oxygen atoms in total. The van der Waals surface area contributed by atoms with Crippen LogP contribution >= 0.6 is 0 Å². The average molecular weight is 210 g/mol. The summed E-state index contributed by atoms with van der Waals surface area (Å²) in [5.74, 6) is 0. The number of hydrogen-bond donors (Lipinski definition) is 1. The van der Waals surface area contributed by atoms with E-state index in [-0.39, 0.29) is 0 Å². The van der Waals surface area contributed by atoms with E-state index in [2.05, 4.69) is 24.1 Å². The summed E-state index contributed by atoms with van der Waals surface area (Å²) in [6.07, 6.45) is 8.37. The minimum absolute atomic E-state index is 0.772. The standard InChI is InChI=1S/C13H26N2/c1-3-11(2)15(13-7-8-13)10-12-6-4-5-9-14-12/h11-14H,3-10H2,1-2H3. The van der Waals surface area contributed by atoms with Crippen molar-refractivity contribution < 1.29 is 0 Å². The summed E-state index contributed by atoms with van der Waals surface area (Å²) in [5, 5.41) is 3.67. The van der Waals surface area contributed by atoms with Crippen LogP contribution in [-0.2, 0) is 0 Å². The molecule has 1 heterocycles. The number of nitrogens with zero attached hydrogens (tertiary/aromatic N) is 1. The third kappa shape index (κ3) is 3.18. The Morgan fingerprint density at radius 3 is 2.60 bits per heavy atom. The summed E-state index contributed by atoms with van der Waals surface area (Å²) in [6, 6.07) is 2.47. The van der Waals surface area contributed by atoms with E-state index < -0.39 is 0 Å². The van der Waals surface area contributed by atoms with Crippen LogP contribution in [-0.4, -0.2) is 36.1 Å². The van der Waals surface area contributed by atoms with Gasteiger partial charge in [-0.15, -0.1) is 0 Å². The lowest BCUT2D eigenvalue weighted by atomic mass is 10.0. The first-order valence-electron chi connectivity index (χ1n) is 6.80. The third-order valence-corrected chi connectivity index (χ3v) is 4.02. The van der Waals surface area contributed by atoms with Gasteiger partial charge in [0.2, 0.25) is 0 Å². The number of hydrogen-bond acceptors (Lipinski definition) is 2. The molecule has 2 rings (SSSR count). The monoisotopic (exact) mass is 210 g/mol. The highest BCUT2D eigenvalue weighted by Crippen LogP contribution is 2.30. The van der Waals surface area contributed by atoms with Crippen LogP contribution in [0.1, 0.15) is 52.4 Å². The van der Waals surface area contributed by atoms with Crippen molar-refractivity contribution in [3.8, 4) is 0 Å². The minimum Gasteiger partial charge on any atom is -0.313 e. The molecule has 2 unspecified atom stereocenters. The van der Waals surface area contributed by atoms with Crippen LogP contribution in [0.2, 0.25) is 0 Å². The Morgan fingerprint density at radius 2 is 2.07 bits per heavy atom. The van der Waals surface area contributed by atoms with Crippen LogP contribution in [0.25, 0.3) is 0 Å². The molecule has 0 aromatic carbocycles. The van der Waals surface area contributed by atoms with Crippen LogP contribution in [0.5, 0.6) is 0 Å². The largest absolute Gasteiger partial charge is 0.313 e. The van der Waals surface area contributed by atoms with E-state index in [9.17, 15) is 0 Å². The van der Waals surface area contributed by atoms with Crippen LogP contribution in [0.15, 0.2) is 0 Å². The van der Waals surface area contributed by atoms with E-state index in [0.717, 1.165) is 18.1 Å². The molecular formula is C13H26N2. The highest BCUT2D eigenvalue weighted by atomic mass is 15.2. The molecule has 1 N–H and O–H groups in total. The van der Waals surface area contributed by atoms with Crippen molar-refractivity contribution in [3.05, 3.63) is 0 Å². The van der Waals surface area contributed by atoms with Gasteiger partial charge in [-0.1, -0.05) is 13.3 Å². The second-order valence-electron chi connectivity index (χ2n) is 5.33. The summed E-state index contributed by atoms with van der Waals surface area (Å²) in [6.45, 7) is 7.23. The van der Waals surface area contributed by atoms with Gasteiger partial charge < -0.3 is 5.32 Å². The smallest absolute Gasteiger partial charge is 0.0195 e. The van der Waals surface area contributed by atoms with E-state index in [0.29, 0.717) is 0 Å². The molecule has 1 aliphatic heterocycles. The van der Waals surface area contributed by atoms with Crippen molar-refractivity contribution in [3.63, 3.8) is 0 Å². The Morgan fingerprint density at radius 1 is 1.27 bits per heavy atom. The topological polar surface area (TPSA) is 15.3 Å². The first-order chi connectivity index (χ1) is 7.31. The number of rotatable bonds is 5. The summed E-state index contributed by atoms with van der Waals surface area (Å²) < 4.78 is 0. The Bertz CT molecular complexity index is 183. The SMILES string of the molecule is CCC(C)N(CC1CCCCN1)C1CC1. The predicted molar refractivity (Wildman–Crippen MR) is 65.1 cm³/mol. The fourth-order valence-corrected chi connectivity index (χ4v) is 2.66. The first kappa shape index (κ1) is 11.4. The van der Waals surface area contributed by atoms with Gasteiger partial charge in [0.15, 0.2) is 0 Å². The molecular weight excluding hydrogens is 184 g/mol. The zero-order valence-corrected chi connectivity index (χ0v) is 10.3. The van der Waals surface area contributed by atoms with Gasteiger partial charge in [-0.2, -0.15) is 0 Å². The molecule has 0 aromatic heterocycles. The zero-order chi connectivity index (χ0) is 10.7.